The van der Waals surface area contributed by atoms with E-state index in [4.69, 9.17) is 0 Å². The number of H-pyrrole nitrogens is 1. The lowest BCUT2D eigenvalue weighted by molar-refractivity contribution is -0.137. The van der Waals surface area contributed by atoms with Gasteiger partial charge in [-0.15, -0.1) is 0 Å². The zero-order valence-corrected chi connectivity index (χ0v) is 13.6. The average Bonchev–Trinajstić information content (AvgIpc) is 2.50. The number of carbonyl (C=O) groups is 1. The van der Waals surface area contributed by atoms with E-state index < -0.39 is 17.6 Å². The molecule has 1 heterocycles. The molecular formula is C15H14F3N3O2S. The monoisotopic (exact) mass is 357 g/mol. The third-order valence-electron chi connectivity index (χ3n) is 3.22. The van der Waals surface area contributed by atoms with E-state index in [2.05, 4.69) is 15.3 Å². The Morgan fingerprint density at radius 2 is 1.96 bits per heavy atom. The quantitative estimate of drug-likeness (QED) is 0.651. The van der Waals surface area contributed by atoms with Gasteiger partial charge in [-0.05, 0) is 26.0 Å². The van der Waals surface area contributed by atoms with Crippen molar-refractivity contribution in [2.24, 2.45) is 0 Å². The first-order valence-corrected chi connectivity index (χ1v) is 7.83. The van der Waals surface area contributed by atoms with Gasteiger partial charge in [0.1, 0.15) is 0 Å². The molecule has 1 aromatic carbocycles. The molecule has 1 amide bonds. The van der Waals surface area contributed by atoms with Crippen LogP contribution in [-0.2, 0) is 11.0 Å². The molecular weight excluding hydrogens is 343 g/mol. The highest BCUT2D eigenvalue weighted by atomic mass is 32.2. The molecule has 0 atom stereocenters. The summed E-state index contributed by atoms with van der Waals surface area (Å²) in [6.45, 7) is 3.28. The first-order chi connectivity index (χ1) is 11.2. The molecule has 0 radical (unpaired) electrons. The number of aryl methyl sites for hydroxylation is 1. The zero-order valence-electron chi connectivity index (χ0n) is 12.8. The van der Waals surface area contributed by atoms with Gasteiger partial charge in [0.05, 0.1) is 17.0 Å². The Hall–Kier alpha value is -2.29. The van der Waals surface area contributed by atoms with Crippen molar-refractivity contribution < 1.29 is 18.0 Å². The van der Waals surface area contributed by atoms with Crippen LogP contribution >= 0.6 is 11.8 Å². The van der Waals surface area contributed by atoms with Gasteiger partial charge in [0.25, 0.3) is 5.56 Å². The van der Waals surface area contributed by atoms with Gasteiger partial charge in [-0.25, -0.2) is 4.98 Å². The van der Waals surface area contributed by atoms with Crippen molar-refractivity contribution in [3.63, 3.8) is 0 Å². The number of anilines is 1. The molecule has 128 valence electrons. The van der Waals surface area contributed by atoms with Gasteiger partial charge in [-0.1, -0.05) is 23.9 Å². The maximum Gasteiger partial charge on any atom is 0.418 e. The fourth-order valence-electron chi connectivity index (χ4n) is 1.85. The van der Waals surface area contributed by atoms with Crippen LogP contribution in [0.5, 0.6) is 0 Å². The summed E-state index contributed by atoms with van der Waals surface area (Å²) < 4.78 is 38.6. The van der Waals surface area contributed by atoms with Crippen LogP contribution in [0.3, 0.4) is 0 Å². The van der Waals surface area contributed by atoms with E-state index in [1.54, 1.807) is 13.8 Å². The largest absolute Gasteiger partial charge is 0.418 e. The van der Waals surface area contributed by atoms with Crippen LogP contribution in [0.4, 0.5) is 18.9 Å². The van der Waals surface area contributed by atoms with Crippen LogP contribution in [-0.4, -0.2) is 21.6 Å². The van der Waals surface area contributed by atoms with Gasteiger partial charge in [-0.3, -0.25) is 9.59 Å². The van der Waals surface area contributed by atoms with Crippen LogP contribution in [0.1, 0.15) is 16.8 Å². The summed E-state index contributed by atoms with van der Waals surface area (Å²) in [6.07, 6.45) is -4.56. The Kier molecular flexibility index (Phi) is 5.33. The lowest BCUT2D eigenvalue weighted by Gasteiger charge is -2.13. The van der Waals surface area contributed by atoms with Crippen molar-refractivity contribution >= 4 is 23.4 Å². The second-order valence-electron chi connectivity index (χ2n) is 4.96. The number of rotatable bonds is 4. The third kappa shape index (κ3) is 4.38. The van der Waals surface area contributed by atoms with Crippen molar-refractivity contribution in [1.29, 1.82) is 0 Å². The average molecular weight is 357 g/mol. The topological polar surface area (TPSA) is 74.8 Å². The molecule has 0 saturated carbocycles. The van der Waals surface area contributed by atoms with E-state index in [9.17, 15) is 22.8 Å². The summed E-state index contributed by atoms with van der Waals surface area (Å²) in [5.74, 6) is -0.810. The van der Waals surface area contributed by atoms with E-state index in [-0.39, 0.29) is 22.2 Å². The summed E-state index contributed by atoms with van der Waals surface area (Å²) in [7, 11) is 0. The number of hydrogen-bond donors (Lipinski definition) is 2. The maximum atomic E-state index is 12.9. The molecule has 0 fully saturated rings. The van der Waals surface area contributed by atoms with E-state index in [0.717, 1.165) is 17.8 Å². The predicted molar refractivity (Wildman–Crippen MR) is 85.1 cm³/mol. The second kappa shape index (κ2) is 7.08. The number of nitrogens with one attached hydrogen (secondary N) is 2. The molecule has 24 heavy (non-hydrogen) atoms. The molecule has 2 aromatic rings. The zero-order chi connectivity index (χ0) is 17.9. The van der Waals surface area contributed by atoms with Crippen molar-refractivity contribution in [2.75, 3.05) is 11.1 Å². The Labute approximate surface area is 139 Å². The first kappa shape index (κ1) is 18.1. The van der Waals surface area contributed by atoms with Crippen LogP contribution in [0.15, 0.2) is 34.2 Å². The van der Waals surface area contributed by atoms with Gasteiger partial charge in [0, 0.05) is 11.3 Å². The van der Waals surface area contributed by atoms with Gasteiger partial charge < -0.3 is 10.3 Å². The molecule has 2 N–H and O–H groups in total. The Balaban J connectivity index is 2.06. The summed E-state index contributed by atoms with van der Waals surface area (Å²) in [4.78, 5) is 30.1. The first-order valence-electron chi connectivity index (χ1n) is 6.85. The highest BCUT2D eigenvalue weighted by Gasteiger charge is 2.33. The molecule has 0 aliphatic heterocycles. The molecule has 5 nitrogen and oxygen atoms in total. The summed E-state index contributed by atoms with van der Waals surface area (Å²) in [5, 5.41) is 2.47. The number of thioether (sulfide) groups is 1. The van der Waals surface area contributed by atoms with Crippen LogP contribution in [0.25, 0.3) is 0 Å². The lowest BCUT2D eigenvalue weighted by atomic mass is 10.1. The number of halogens is 3. The van der Waals surface area contributed by atoms with Crippen molar-refractivity contribution in [1.82, 2.24) is 9.97 Å². The number of nitrogens with zero attached hydrogens (tertiary/aromatic N) is 1. The van der Waals surface area contributed by atoms with Crippen LogP contribution in [0.2, 0.25) is 0 Å². The molecule has 0 saturated heterocycles. The number of amides is 1. The maximum absolute atomic E-state index is 12.9. The third-order valence-corrected chi connectivity index (χ3v) is 4.09. The van der Waals surface area contributed by atoms with Gasteiger partial charge >= 0.3 is 6.18 Å². The standard InChI is InChI=1S/C15H14F3N3O2S/c1-8-9(2)19-14(21-13(8)23)24-7-12(22)20-11-6-4-3-5-10(11)15(16,17)18/h3-6H,7H2,1-2H3,(H,20,22)(H,19,21,23). The molecule has 1 aromatic heterocycles. The van der Waals surface area contributed by atoms with Crippen molar-refractivity contribution in [3.8, 4) is 0 Å². The van der Waals surface area contributed by atoms with E-state index in [1.165, 1.54) is 18.2 Å². The van der Waals surface area contributed by atoms with Crippen molar-refractivity contribution in [3.05, 3.63) is 51.4 Å². The minimum Gasteiger partial charge on any atom is -0.325 e. The number of benzene rings is 1. The molecule has 0 bridgehead atoms. The second-order valence-corrected chi connectivity index (χ2v) is 5.93. The number of alkyl halides is 3. The van der Waals surface area contributed by atoms with Crippen molar-refractivity contribution in [2.45, 2.75) is 25.2 Å². The van der Waals surface area contributed by atoms with Gasteiger partial charge in [-0.2, -0.15) is 13.2 Å². The van der Waals surface area contributed by atoms with E-state index >= 15 is 0 Å². The molecule has 9 heteroatoms. The van der Waals surface area contributed by atoms with Gasteiger partial charge in [0.2, 0.25) is 5.91 Å². The Bertz CT molecular complexity index is 818. The fraction of sp³-hybridized carbons (Fsp3) is 0.267. The van der Waals surface area contributed by atoms with Gasteiger partial charge in [0.15, 0.2) is 5.16 Å². The SMILES string of the molecule is Cc1nc(SCC(=O)Nc2ccccc2C(F)(F)F)[nH]c(=O)c1C. The Morgan fingerprint density at radius 1 is 1.29 bits per heavy atom. The fourth-order valence-corrected chi connectivity index (χ4v) is 2.55. The summed E-state index contributed by atoms with van der Waals surface area (Å²) in [6, 6.07) is 4.73. The summed E-state index contributed by atoms with van der Waals surface area (Å²) in [5.41, 5.74) is -0.530. The molecule has 2 rings (SSSR count). The van der Waals surface area contributed by atoms with E-state index in [1.807, 2.05) is 0 Å². The number of aromatic amines is 1. The lowest BCUT2D eigenvalue weighted by Crippen LogP contribution is -2.19. The minimum absolute atomic E-state index is 0.183. The highest BCUT2D eigenvalue weighted by Crippen LogP contribution is 2.34. The van der Waals surface area contributed by atoms with E-state index in [0.29, 0.717) is 11.3 Å². The molecule has 0 aliphatic carbocycles. The normalized spacial score (nSPS) is 11.4. The summed E-state index contributed by atoms with van der Waals surface area (Å²) >= 11 is 0.938. The molecule has 0 spiro atoms. The highest BCUT2D eigenvalue weighted by molar-refractivity contribution is 7.99. The number of para-hydroxylation sites is 1. The molecule has 0 unspecified atom stereocenters. The Morgan fingerprint density at radius 3 is 2.58 bits per heavy atom. The smallest absolute Gasteiger partial charge is 0.325 e. The number of aromatic nitrogens is 2. The van der Waals surface area contributed by atoms with Crippen LogP contribution < -0.4 is 10.9 Å². The minimum atomic E-state index is -4.56. The number of carbonyl (C=O) groups excluding carboxylic acids is 1. The predicted octanol–water partition coefficient (Wildman–Crippen LogP) is 3.14. The van der Waals surface area contributed by atoms with Crippen LogP contribution in [0, 0.1) is 13.8 Å². The molecule has 0 aliphatic rings. The number of hydrogen-bond acceptors (Lipinski definition) is 4.